The largest absolute Gasteiger partial charge is 0.486 e. The first-order valence-corrected chi connectivity index (χ1v) is 13.1. The maximum atomic E-state index is 13.7. The van der Waals surface area contributed by atoms with Gasteiger partial charge in [0, 0.05) is 38.0 Å². The lowest BCUT2D eigenvalue weighted by Crippen LogP contribution is -2.47. The van der Waals surface area contributed by atoms with Gasteiger partial charge in [0.05, 0.1) is 17.3 Å². The summed E-state index contributed by atoms with van der Waals surface area (Å²) in [6.07, 6.45) is 6.28. The summed E-state index contributed by atoms with van der Waals surface area (Å²) in [7, 11) is 0. The van der Waals surface area contributed by atoms with E-state index < -0.39 is 0 Å². The molecule has 0 N–H and O–H groups in total. The fourth-order valence-electron chi connectivity index (χ4n) is 5.86. The molecule has 2 heterocycles. The third-order valence-electron chi connectivity index (χ3n) is 7.80. The van der Waals surface area contributed by atoms with Crippen LogP contribution in [0.5, 0.6) is 11.5 Å². The molecule has 2 fully saturated rings. The van der Waals surface area contributed by atoms with Gasteiger partial charge in [0.1, 0.15) is 19.0 Å². The molecule has 2 aromatic carbocycles. The number of Topliss-reactive ketones (excluding diaryl/α,β-unsaturated/α-hetero) is 1. The molecule has 6 heteroatoms. The Hall–Kier alpha value is -3.04. The highest BCUT2D eigenvalue weighted by Crippen LogP contribution is 2.40. The number of para-hydroxylation sites is 1. The van der Waals surface area contributed by atoms with Crippen molar-refractivity contribution >= 4 is 11.5 Å². The normalized spacial score (nSPS) is 19.7. The van der Waals surface area contributed by atoms with E-state index in [1.807, 2.05) is 36.4 Å². The molecule has 5 rings (SSSR count). The molecule has 0 amide bonds. The number of nitrogens with zero attached hydrogens (tertiary/aromatic N) is 3. The number of hydrogen-bond acceptors (Lipinski definition) is 6. The second kappa shape index (κ2) is 11.1. The van der Waals surface area contributed by atoms with Crippen LogP contribution in [0.4, 0.5) is 5.69 Å². The van der Waals surface area contributed by atoms with E-state index in [4.69, 9.17) is 9.47 Å². The minimum Gasteiger partial charge on any atom is -0.486 e. The summed E-state index contributed by atoms with van der Waals surface area (Å²) in [5.41, 5.74) is 2.66. The average Bonchev–Trinajstić information content (AvgIpc) is 2.94. The summed E-state index contributed by atoms with van der Waals surface area (Å²) < 4.78 is 11.7. The zero-order valence-corrected chi connectivity index (χ0v) is 20.5. The number of rotatable bonds is 7. The van der Waals surface area contributed by atoms with Gasteiger partial charge in [0.15, 0.2) is 11.5 Å². The smallest absolute Gasteiger partial charge is 0.184 e. The predicted octanol–water partition coefficient (Wildman–Crippen LogP) is 4.77. The first kappa shape index (κ1) is 23.7. The van der Waals surface area contributed by atoms with Crippen LogP contribution in [0.15, 0.2) is 42.5 Å². The third kappa shape index (κ3) is 5.31. The van der Waals surface area contributed by atoms with Crippen molar-refractivity contribution in [2.45, 2.75) is 44.4 Å². The van der Waals surface area contributed by atoms with Crippen molar-refractivity contribution in [2.75, 3.05) is 50.8 Å². The molecular weight excluding hydrogens is 438 g/mol. The molecule has 2 aliphatic heterocycles. The second-order valence-corrected chi connectivity index (χ2v) is 9.91. The Morgan fingerprint density at radius 3 is 2.54 bits per heavy atom. The van der Waals surface area contributed by atoms with Gasteiger partial charge in [-0.25, -0.2) is 0 Å². The van der Waals surface area contributed by atoms with E-state index in [1.165, 1.54) is 6.42 Å². The summed E-state index contributed by atoms with van der Waals surface area (Å²) in [5, 5.41) is 9.70. The number of ether oxygens (including phenoxy) is 2. The third-order valence-corrected chi connectivity index (χ3v) is 7.80. The fourth-order valence-corrected chi connectivity index (χ4v) is 5.86. The van der Waals surface area contributed by atoms with Crippen molar-refractivity contribution in [3.05, 3.63) is 53.6 Å². The van der Waals surface area contributed by atoms with Gasteiger partial charge in [0.2, 0.25) is 0 Å². The maximum Gasteiger partial charge on any atom is 0.184 e. The van der Waals surface area contributed by atoms with Gasteiger partial charge in [-0.3, -0.25) is 9.69 Å². The summed E-state index contributed by atoms with van der Waals surface area (Å²) in [4.78, 5) is 18.5. The molecule has 35 heavy (non-hydrogen) atoms. The zero-order chi connectivity index (χ0) is 24.0. The van der Waals surface area contributed by atoms with Gasteiger partial charge >= 0.3 is 0 Å². The number of carbonyl (C=O) groups excluding carboxylic acids is 1. The van der Waals surface area contributed by atoms with E-state index in [2.05, 4.69) is 21.9 Å². The van der Waals surface area contributed by atoms with Crippen LogP contribution >= 0.6 is 0 Å². The van der Waals surface area contributed by atoms with Crippen molar-refractivity contribution < 1.29 is 14.3 Å². The van der Waals surface area contributed by atoms with Gasteiger partial charge < -0.3 is 14.4 Å². The lowest BCUT2D eigenvalue weighted by molar-refractivity contribution is -0.125. The average molecular weight is 474 g/mol. The van der Waals surface area contributed by atoms with E-state index >= 15 is 0 Å². The fraction of sp³-hybridized carbons (Fsp3) is 0.517. The molecule has 1 unspecified atom stereocenters. The Labute approximate surface area is 208 Å². The van der Waals surface area contributed by atoms with Gasteiger partial charge in [-0.2, -0.15) is 5.26 Å². The van der Waals surface area contributed by atoms with Gasteiger partial charge in [0.25, 0.3) is 0 Å². The standard InChI is InChI=1S/C29H35N3O3/c30-21-23-9-4-5-10-24(23)25(28(33)22-7-2-1-3-8-22)13-14-31-15-17-32(18-16-31)26-11-6-12-27-29(26)35-20-19-34-27/h4-6,9-12,22,25H,1-3,7-8,13-20H2. The summed E-state index contributed by atoms with van der Waals surface area (Å²) in [5.74, 6) is 1.98. The lowest BCUT2D eigenvalue weighted by atomic mass is 9.77. The van der Waals surface area contributed by atoms with E-state index in [9.17, 15) is 10.1 Å². The first-order valence-electron chi connectivity index (χ1n) is 13.1. The molecule has 0 radical (unpaired) electrons. The number of nitriles is 1. The Morgan fingerprint density at radius 1 is 0.971 bits per heavy atom. The number of hydrogen-bond donors (Lipinski definition) is 0. The Kier molecular flexibility index (Phi) is 7.54. The lowest BCUT2D eigenvalue weighted by Gasteiger charge is -2.38. The number of benzene rings is 2. The minimum atomic E-state index is -0.196. The molecule has 0 bridgehead atoms. The van der Waals surface area contributed by atoms with Crippen molar-refractivity contribution in [1.29, 1.82) is 5.26 Å². The van der Waals surface area contributed by atoms with E-state index in [1.54, 1.807) is 0 Å². The van der Waals surface area contributed by atoms with E-state index in [0.717, 1.165) is 87.6 Å². The molecule has 1 atom stereocenters. The molecule has 184 valence electrons. The van der Waals surface area contributed by atoms with Crippen LogP contribution in [0, 0.1) is 17.2 Å². The molecule has 6 nitrogen and oxygen atoms in total. The van der Waals surface area contributed by atoms with Crippen LogP contribution in [0.2, 0.25) is 0 Å². The number of fused-ring (bicyclic) bond motifs is 1. The number of carbonyl (C=O) groups is 1. The van der Waals surface area contributed by atoms with Crippen molar-refractivity contribution in [3.8, 4) is 17.6 Å². The molecule has 2 aromatic rings. The van der Waals surface area contributed by atoms with E-state index in [0.29, 0.717) is 24.6 Å². The Balaban J connectivity index is 1.24. The van der Waals surface area contributed by atoms with Crippen LogP contribution in [0.3, 0.4) is 0 Å². The number of piperazine rings is 1. The van der Waals surface area contributed by atoms with Crippen LogP contribution < -0.4 is 14.4 Å². The van der Waals surface area contributed by atoms with Crippen LogP contribution in [0.25, 0.3) is 0 Å². The SMILES string of the molecule is N#Cc1ccccc1C(CCN1CCN(c2cccc3c2OCCO3)CC1)C(=O)C1CCCCC1. The van der Waals surface area contributed by atoms with Crippen molar-refractivity contribution in [2.24, 2.45) is 5.92 Å². The number of anilines is 1. The highest BCUT2D eigenvalue weighted by atomic mass is 16.6. The van der Waals surface area contributed by atoms with Gasteiger partial charge in [-0.05, 0) is 49.6 Å². The molecule has 0 spiro atoms. The zero-order valence-electron chi connectivity index (χ0n) is 20.5. The summed E-state index contributed by atoms with van der Waals surface area (Å²) in [6, 6.07) is 16.1. The molecular formula is C29H35N3O3. The Bertz CT molecular complexity index is 1070. The van der Waals surface area contributed by atoms with Crippen molar-refractivity contribution in [1.82, 2.24) is 4.90 Å². The molecule has 3 aliphatic rings. The Morgan fingerprint density at radius 2 is 1.74 bits per heavy atom. The predicted molar refractivity (Wildman–Crippen MR) is 136 cm³/mol. The second-order valence-electron chi connectivity index (χ2n) is 9.91. The van der Waals surface area contributed by atoms with E-state index in [-0.39, 0.29) is 11.8 Å². The monoisotopic (exact) mass is 473 g/mol. The minimum absolute atomic E-state index is 0.142. The quantitative estimate of drug-likeness (QED) is 0.577. The molecule has 1 aliphatic carbocycles. The first-order chi connectivity index (χ1) is 17.2. The molecule has 0 aromatic heterocycles. The highest BCUT2D eigenvalue weighted by Gasteiger charge is 2.31. The molecule has 1 saturated heterocycles. The molecule has 1 saturated carbocycles. The topological polar surface area (TPSA) is 65.8 Å². The maximum absolute atomic E-state index is 13.7. The van der Waals surface area contributed by atoms with Crippen molar-refractivity contribution in [3.63, 3.8) is 0 Å². The van der Waals surface area contributed by atoms with Crippen LogP contribution in [-0.2, 0) is 4.79 Å². The van der Waals surface area contributed by atoms with Gasteiger partial charge in [-0.1, -0.05) is 43.5 Å². The van der Waals surface area contributed by atoms with Crippen LogP contribution in [-0.4, -0.2) is 56.6 Å². The number of ketones is 1. The highest BCUT2D eigenvalue weighted by molar-refractivity contribution is 5.88. The summed E-state index contributed by atoms with van der Waals surface area (Å²) >= 11 is 0. The summed E-state index contributed by atoms with van der Waals surface area (Å²) in [6.45, 7) is 5.75. The van der Waals surface area contributed by atoms with Crippen LogP contribution in [0.1, 0.15) is 55.6 Å². The van der Waals surface area contributed by atoms with Gasteiger partial charge in [-0.15, -0.1) is 0 Å².